The fourth-order valence-corrected chi connectivity index (χ4v) is 7.27. The van der Waals surface area contributed by atoms with Crippen LogP contribution in [0, 0.1) is 5.92 Å². The van der Waals surface area contributed by atoms with E-state index in [1.54, 1.807) is 13.2 Å². The number of aliphatic hydroxyl groups is 1. The van der Waals surface area contributed by atoms with Crippen molar-refractivity contribution < 1.29 is 48.3 Å². The number of ether oxygens (including phenoxy) is 4. The van der Waals surface area contributed by atoms with E-state index in [0.29, 0.717) is 24.3 Å². The van der Waals surface area contributed by atoms with Crippen molar-refractivity contribution in [2.45, 2.75) is 94.6 Å². The van der Waals surface area contributed by atoms with Gasteiger partial charge in [-0.1, -0.05) is 19.9 Å². The first-order chi connectivity index (χ1) is 20.3. The Morgan fingerprint density at radius 2 is 1.88 bits per heavy atom. The molecule has 0 saturated carbocycles. The zero-order valence-corrected chi connectivity index (χ0v) is 25.2. The number of amides is 1. The van der Waals surface area contributed by atoms with E-state index < -0.39 is 53.1 Å². The van der Waals surface area contributed by atoms with Crippen molar-refractivity contribution in [3.63, 3.8) is 0 Å². The van der Waals surface area contributed by atoms with Crippen LogP contribution in [0.2, 0.25) is 0 Å². The lowest BCUT2D eigenvalue weighted by atomic mass is 9.50. The van der Waals surface area contributed by atoms with E-state index in [-0.39, 0.29) is 43.4 Å². The van der Waals surface area contributed by atoms with Crippen LogP contribution >= 0.6 is 0 Å². The highest BCUT2D eigenvalue weighted by molar-refractivity contribution is 5.88. The number of carboxylic acids is 1. The minimum absolute atomic E-state index is 0.0322. The minimum Gasteiger partial charge on any atom is -0.493 e. The molecule has 5 rings (SSSR count). The summed E-state index contributed by atoms with van der Waals surface area (Å²) in [6, 6.07) is 2.63. The van der Waals surface area contributed by atoms with E-state index >= 15 is 0 Å². The molecule has 1 spiro atoms. The summed E-state index contributed by atoms with van der Waals surface area (Å²) in [5.74, 6) is -1.97. The van der Waals surface area contributed by atoms with Crippen LogP contribution in [-0.2, 0) is 40.5 Å². The van der Waals surface area contributed by atoms with Gasteiger partial charge in [0.15, 0.2) is 23.7 Å². The van der Waals surface area contributed by atoms with Crippen LogP contribution < -0.4 is 14.8 Å². The Hall–Kier alpha value is -3.64. The monoisotopic (exact) mass is 600 g/mol. The Balaban J connectivity index is 1.24. The second-order valence-corrected chi connectivity index (χ2v) is 12.4. The summed E-state index contributed by atoms with van der Waals surface area (Å²) >= 11 is 0. The number of carbonyl (C=O) groups is 4. The molecule has 4 aliphatic rings. The van der Waals surface area contributed by atoms with Crippen LogP contribution in [0.5, 0.6) is 11.5 Å². The van der Waals surface area contributed by atoms with Gasteiger partial charge in [-0.2, -0.15) is 0 Å². The molecule has 2 bridgehead atoms. The molecule has 1 fully saturated rings. The molecule has 0 unspecified atom stereocenters. The third-order valence-electron chi connectivity index (χ3n) is 9.32. The summed E-state index contributed by atoms with van der Waals surface area (Å²) in [4.78, 5) is 51.4. The molecule has 2 aliphatic heterocycles. The van der Waals surface area contributed by atoms with E-state index in [2.05, 4.69) is 10.2 Å². The molecule has 234 valence electrons. The number of benzene rings is 1. The average Bonchev–Trinajstić information content (AvgIpc) is 3.30. The number of piperidine rings is 1. The number of rotatable bonds is 11. The predicted molar refractivity (Wildman–Crippen MR) is 151 cm³/mol. The zero-order valence-electron chi connectivity index (χ0n) is 25.2. The average molecular weight is 601 g/mol. The van der Waals surface area contributed by atoms with Gasteiger partial charge in [-0.15, -0.1) is 0 Å². The van der Waals surface area contributed by atoms with Gasteiger partial charge in [0.2, 0.25) is 0 Å². The lowest BCUT2D eigenvalue weighted by molar-refractivity contribution is -0.169. The van der Waals surface area contributed by atoms with Crippen molar-refractivity contribution in [3.05, 3.63) is 35.1 Å². The molecule has 2 aliphatic carbocycles. The van der Waals surface area contributed by atoms with E-state index in [4.69, 9.17) is 18.9 Å². The molecule has 12 heteroatoms. The minimum atomic E-state index is -1.24. The van der Waals surface area contributed by atoms with Gasteiger partial charge >= 0.3 is 17.9 Å². The molecule has 6 atom stereocenters. The molecular weight excluding hydrogens is 560 g/mol. The van der Waals surface area contributed by atoms with Gasteiger partial charge in [-0.25, -0.2) is 4.79 Å². The van der Waals surface area contributed by atoms with E-state index in [1.165, 1.54) is 6.92 Å². The maximum atomic E-state index is 12.9. The van der Waals surface area contributed by atoms with Gasteiger partial charge in [-0.3, -0.25) is 14.4 Å². The Morgan fingerprint density at radius 1 is 1.16 bits per heavy atom. The van der Waals surface area contributed by atoms with Crippen molar-refractivity contribution >= 4 is 23.8 Å². The lowest BCUT2D eigenvalue weighted by Gasteiger charge is -2.61. The molecule has 43 heavy (non-hydrogen) atoms. The first-order valence-corrected chi connectivity index (χ1v) is 14.7. The molecule has 12 nitrogen and oxygen atoms in total. The van der Waals surface area contributed by atoms with Gasteiger partial charge in [0.25, 0.3) is 5.91 Å². The summed E-state index contributed by atoms with van der Waals surface area (Å²) in [5, 5.41) is 24.0. The van der Waals surface area contributed by atoms with Crippen LogP contribution in [0.3, 0.4) is 0 Å². The summed E-state index contributed by atoms with van der Waals surface area (Å²) in [6.07, 6.45) is 0.803. The SMILES string of the molecule is COc1ccc2c3c1O[C@H]1C(OC(=O)CCC(=O)O[C@@H](C)C(=O)N[C@@H](CC(C)C)C(=O)O)=CC[C@@]4(O)[C@H](C2)N(C)CC[C@]314. The van der Waals surface area contributed by atoms with Gasteiger partial charge in [0.1, 0.15) is 11.8 Å². The fraction of sp³-hybridized carbons (Fsp3) is 0.613. The van der Waals surface area contributed by atoms with Gasteiger partial charge < -0.3 is 39.4 Å². The highest BCUT2D eigenvalue weighted by atomic mass is 16.6. The maximum absolute atomic E-state index is 12.9. The van der Waals surface area contributed by atoms with E-state index in [1.807, 2.05) is 33.0 Å². The van der Waals surface area contributed by atoms with Gasteiger partial charge in [0, 0.05) is 18.0 Å². The summed E-state index contributed by atoms with van der Waals surface area (Å²) in [5.41, 5.74) is 0.0315. The van der Waals surface area contributed by atoms with E-state index in [9.17, 15) is 29.4 Å². The number of methoxy groups -OCH3 is 1. The van der Waals surface area contributed by atoms with Crippen LogP contribution in [0.15, 0.2) is 24.0 Å². The van der Waals surface area contributed by atoms with Crippen molar-refractivity contribution in [3.8, 4) is 11.5 Å². The van der Waals surface area contributed by atoms with E-state index in [0.717, 1.165) is 17.7 Å². The fourth-order valence-electron chi connectivity index (χ4n) is 7.27. The van der Waals surface area contributed by atoms with Crippen molar-refractivity contribution in [1.82, 2.24) is 10.2 Å². The van der Waals surface area contributed by atoms with Crippen LogP contribution in [-0.4, -0.2) is 89.5 Å². The molecule has 1 aromatic rings. The third-order valence-corrected chi connectivity index (χ3v) is 9.32. The second kappa shape index (κ2) is 11.5. The quantitative estimate of drug-likeness (QED) is 0.318. The number of esters is 2. The molecule has 2 heterocycles. The topological polar surface area (TPSA) is 161 Å². The number of carbonyl (C=O) groups excluding carboxylic acids is 3. The zero-order chi connectivity index (χ0) is 31.3. The molecule has 1 aromatic carbocycles. The van der Waals surface area contributed by atoms with Crippen LogP contribution in [0.1, 0.15) is 64.0 Å². The number of carboxylic acid groups (broad SMARTS) is 1. The van der Waals surface area contributed by atoms with Crippen molar-refractivity contribution in [2.75, 3.05) is 20.7 Å². The molecule has 0 radical (unpaired) electrons. The Morgan fingerprint density at radius 3 is 2.56 bits per heavy atom. The van der Waals surface area contributed by atoms with Gasteiger partial charge in [0.05, 0.1) is 31.0 Å². The number of likely N-dealkylation sites (tertiary alicyclic amines) is 1. The van der Waals surface area contributed by atoms with Crippen molar-refractivity contribution in [2.24, 2.45) is 5.92 Å². The Kier molecular flexibility index (Phi) is 8.21. The number of hydrogen-bond acceptors (Lipinski definition) is 10. The first-order valence-electron chi connectivity index (χ1n) is 14.7. The van der Waals surface area contributed by atoms with Crippen LogP contribution in [0.4, 0.5) is 0 Å². The number of likely N-dealkylation sites (N-methyl/N-ethyl adjacent to an activating group) is 1. The molecule has 3 N–H and O–H groups in total. The third kappa shape index (κ3) is 5.14. The number of nitrogens with zero attached hydrogens (tertiary/aromatic N) is 1. The lowest BCUT2D eigenvalue weighted by Crippen LogP contribution is -2.74. The normalized spacial score (nSPS) is 28.1. The second-order valence-electron chi connectivity index (χ2n) is 12.4. The smallest absolute Gasteiger partial charge is 0.326 e. The summed E-state index contributed by atoms with van der Waals surface area (Å²) < 4.78 is 23.0. The number of aliphatic carboxylic acids is 1. The molecular formula is C31H40N2O10. The molecule has 1 saturated heterocycles. The van der Waals surface area contributed by atoms with Crippen LogP contribution in [0.25, 0.3) is 0 Å². The van der Waals surface area contributed by atoms with Gasteiger partial charge in [-0.05, 0) is 63.4 Å². The maximum Gasteiger partial charge on any atom is 0.326 e. The standard InChI is InChI=1S/C31H40N2O10/c1-16(2)14-19(29(37)38)32-28(36)17(3)41-23(34)8-9-24(35)42-21-10-11-31(39)22-15-18-6-7-20(40-5)26-25(18)30(31,27(21)43-26)12-13-33(22)4/h6-7,10,16-17,19,22,27,39H,8-9,11-15H2,1-5H3,(H,32,36)(H,37,38)/t17-,19-,22-,27-,30-,31+/m0/s1. The molecule has 0 aromatic heterocycles. The Bertz CT molecular complexity index is 1360. The highest BCUT2D eigenvalue weighted by Gasteiger charge is 2.72. The number of hydrogen-bond donors (Lipinski definition) is 3. The Labute approximate surface area is 250 Å². The first kappa shape index (κ1) is 30.8. The number of nitrogens with one attached hydrogen (secondary N) is 1. The molecule has 1 amide bonds. The summed E-state index contributed by atoms with van der Waals surface area (Å²) in [7, 11) is 3.57. The highest BCUT2D eigenvalue weighted by Crippen LogP contribution is 2.65. The largest absolute Gasteiger partial charge is 0.493 e. The van der Waals surface area contributed by atoms with Crippen molar-refractivity contribution in [1.29, 1.82) is 0 Å². The predicted octanol–water partition coefficient (Wildman–Crippen LogP) is 1.84. The summed E-state index contributed by atoms with van der Waals surface area (Å²) in [6.45, 7) is 5.73.